The molecule has 15 heavy (non-hydrogen) atoms. The van der Waals surface area contributed by atoms with Crippen LogP contribution in [0, 0.1) is 0 Å². The summed E-state index contributed by atoms with van der Waals surface area (Å²) >= 11 is 0. The Hall–Kier alpha value is 1.11. The van der Waals surface area contributed by atoms with Gasteiger partial charge in [-0.2, -0.15) is 0 Å². The van der Waals surface area contributed by atoms with Gasteiger partial charge in [-0.25, -0.2) is 4.57 Å². The van der Waals surface area contributed by atoms with E-state index in [-0.39, 0.29) is 29.6 Å². The molecular formula is C9H21NaO4P. The van der Waals surface area contributed by atoms with E-state index in [1.807, 2.05) is 20.8 Å². The molecule has 0 aromatic carbocycles. The Bertz CT molecular complexity index is 149. The Morgan fingerprint density at radius 3 is 1.27 bits per heavy atom. The maximum atomic E-state index is 11.8. The van der Waals surface area contributed by atoms with Crippen molar-refractivity contribution in [3.05, 3.63) is 0 Å². The van der Waals surface area contributed by atoms with Gasteiger partial charge in [-0.1, -0.05) is 20.8 Å². The molecule has 0 unspecified atom stereocenters. The summed E-state index contributed by atoms with van der Waals surface area (Å²) in [6.45, 7) is 7.07. The minimum Gasteiger partial charge on any atom is -0.287 e. The van der Waals surface area contributed by atoms with Gasteiger partial charge in [0.15, 0.2) is 0 Å². The first-order valence-electron chi connectivity index (χ1n) is 5.22. The molecule has 0 aromatic heterocycles. The number of hydrogen-bond acceptors (Lipinski definition) is 4. The van der Waals surface area contributed by atoms with Crippen LogP contribution in [-0.2, 0) is 18.1 Å². The van der Waals surface area contributed by atoms with Crippen molar-refractivity contribution < 1.29 is 18.1 Å². The Morgan fingerprint density at radius 2 is 1.07 bits per heavy atom. The van der Waals surface area contributed by atoms with Crippen LogP contribution in [0.3, 0.4) is 0 Å². The number of hydrogen-bond donors (Lipinski definition) is 0. The molecule has 0 aliphatic rings. The molecule has 6 heteroatoms. The molecule has 0 amide bonds. The zero-order valence-corrected chi connectivity index (χ0v) is 13.2. The van der Waals surface area contributed by atoms with Crippen LogP contribution in [-0.4, -0.2) is 49.4 Å². The molecule has 1 radical (unpaired) electrons. The van der Waals surface area contributed by atoms with Gasteiger partial charge in [0.25, 0.3) is 0 Å². The second kappa shape index (κ2) is 11.6. The standard InChI is InChI=1S/C9H21O4P.Na/c1-4-7-11-14(10,12-8-5-2)13-9-6-3;/h4-9H2,1-3H3;. The van der Waals surface area contributed by atoms with Crippen LogP contribution in [0.25, 0.3) is 0 Å². The van der Waals surface area contributed by atoms with E-state index in [1.165, 1.54) is 0 Å². The summed E-state index contributed by atoms with van der Waals surface area (Å²) in [6.07, 6.45) is 2.40. The van der Waals surface area contributed by atoms with Crippen molar-refractivity contribution in [3.63, 3.8) is 0 Å². The smallest absolute Gasteiger partial charge is 0.287 e. The van der Waals surface area contributed by atoms with Crippen molar-refractivity contribution in [2.24, 2.45) is 0 Å². The molecule has 0 bridgehead atoms. The van der Waals surface area contributed by atoms with E-state index in [4.69, 9.17) is 13.6 Å². The van der Waals surface area contributed by atoms with Crippen LogP contribution in [0.5, 0.6) is 0 Å². The monoisotopic (exact) mass is 247 g/mol. The normalized spacial score (nSPS) is 11.1. The maximum absolute atomic E-state index is 11.8. The third-order valence-corrected chi connectivity index (χ3v) is 2.86. The predicted octanol–water partition coefficient (Wildman–Crippen LogP) is 2.99. The van der Waals surface area contributed by atoms with E-state index in [0.29, 0.717) is 19.8 Å². The topological polar surface area (TPSA) is 44.8 Å². The molecule has 0 atom stereocenters. The van der Waals surface area contributed by atoms with Gasteiger partial charge in [-0.05, 0) is 19.3 Å². The molecule has 0 heterocycles. The van der Waals surface area contributed by atoms with Crippen LogP contribution < -0.4 is 0 Å². The molecular weight excluding hydrogens is 226 g/mol. The van der Waals surface area contributed by atoms with Crippen molar-refractivity contribution >= 4 is 37.4 Å². The average molecular weight is 247 g/mol. The fourth-order valence-corrected chi connectivity index (χ4v) is 2.16. The summed E-state index contributed by atoms with van der Waals surface area (Å²) in [5.74, 6) is 0. The first kappa shape index (κ1) is 18.5. The van der Waals surface area contributed by atoms with Crippen LogP contribution in [0.4, 0.5) is 0 Å². The van der Waals surface area contributed by atoms with Gasteiger partial charge < -0.3 is 0 Å². The zero-order valence-electron chi connectivity index (χ0n) is 10.3. The van der Waals surface area contributed by atoms with Crippen LogP contribution in [0.2, 0.25) is 0 Å². The Labute approximate surface area is 115 Å². The molecule has 4 nitrogen and oxygen atoms in total. The molecule has 0 spiro atoms. The summed E-state index contributed by atoms with van der Waals surface area (Å²) < 4.78 is 27.1. The number of phosphoric acid groups is 1. The third-order valence-electron chi connectivity index (χ3n) is 1.36. The Morgan fingerprint density at radius 1 is 0.800 bits per heavy atom. The molecule has 87 valence electrons. The van der Waals surface area contributed by atoms with Gasteiger partial charge in [0.1, 0.15) is 0 Å². The van der Waals surface area contributed by atoms with Gasteiger partial charge in [0.05, 0.1) is 19.8 Å². The van der Waals surface area contributed by atoms with E-state index in [9.17, 15) is 4.57 Å². The van der Waals surface area contributed by atoms with Crippen molar-refractivity contribution in [3.8, 4) is 0 Å². The first-order chi connectivity index (χ1) is 6.68. The average Bonchev–Trinajstić information content (AvgIpc) is 2.21. The summed E-state index contributed by atoms with van der Waals surface area (Å²) in [4.78, 5) is 0. The van der Waals surface area contributed by atoms with E-state index < -0.39 is 7.82 Å². The van der Waals surface area contributed by atoms with E-state index in [0.717, 1.165) is 19.3 Å². The van der Waals surface area contributed by atoms with Crippen molar-refractivity contribution in [1.82, 2.24) is 0 Å². The molecule has 0 saturated carbocycles. The summed E-state index contributed by atoms with van der Waals surface area (Å²) in [7, 11) is -3.27. The minimum atomic E-state index is -3.27. The van der Waals surface area contributed by atoms with E-state index in [1.54, 1.807) is 0 Å². The minimum absolute atomic E-state index is 0. The van der Waals surface area contributed by atoms with E-state index in [2.05, 4.69) is 0 Å². The van der Waals surface area contributed by atoms with Gasteiger partial charge in [-0.3, -0.25) is 13.6 Å². The van der Waals surface area contributed by atoms with Crippen molar-refractivity contribution in [2.45, 2.75) is 40.0 Å². The summed E-state index contributed by atoms with van der Waals surface area (Å²) in [5.41, 5.74) is 0. The van der Waals surface area contributed by atoms with Crippen LogP contribution >= 0.6 is 7.82 Å². The van der Waals surface area contributed by atoms with Gasteiger partial charge in [0.2, 0.25) is 0 Å². The van der Waals surface area contributed by atoms with Crippen LogP contribution in [0.15, 0.2) is 0 Å². The maximum Gasteiger partial charge on any atom is 0.474 e. The molecule has 0 aliphatic heterocycles. The summed E-state index contributed by atoms with van der Waals surface area (Å²) in [5, 5.41) is 0. The van der Waals surface area contributed by atoms with Gasteiger partial charge in [-0.15, -0.1) is 0 Å². The summed E-state index contributed by atoms with van der Waals surface area (Å²) in [6, 6.07) is 0. The SMILES string of the molecule is CCCOP(=O)(OCCC)OCCC.[Na]. The number of phosphoric ester groups is 1. The molecule has 0 saturated heterocycles. The van der Waals surface area contributed by atoms with Crippen LogP contribution in [0.1, 0.15) is 40.0 Å². The van der Waals surface area contributed by atoms with Crippen molar-refractivity contribution in [2.75, 3.05) is 19.8 Å². The second-order valence-electron chi connectivity index (χ2n) is 2.95. The number of rotatable bonds is 9. The van der Waals surface area contributed by atoms with Gasteiger partial charge >= 0.3 is 7.82 Å². The van der Waals surface area contributed by atoms with Gasteiger partial charge in [0, 0.05) is 29.6 Å². The molecule has 0 aromatic rings. The first-order valence-corrected chi connectivity index (χ1v) is 6.68. The molecule has 0 fully saturated rings. The quantitative estimate of drug-likeness (QED) is 0.464. The third kappa shape index (κ3) is 10.0. The predicted molar refractivity (Wildman–Crippen MR) is 62.1 cm³/mol. The fourth-order valence-electron chi connectivity index (χ4n) is 0.721. The molecule has 0 aliphatic carbocycles. The van der Waals surface area contributed by atoms with Crippen molar-refractivity contribution in [1.29, 1.82) is 0 Å². The van der Waals surface area contributed by atoms with E-state index >= 15 is 0 Å². The fraction of sp³-hybridized carbons (Fsp3) is 1.00. The second-order valence-corrected chi connectivity index (χ2v) is 4.62. The Kier molecular flexibility index (Phi) is 14.3. The Balaban J connectivity index is 0. The molecule has 0 N–H and O–H groups in total. The zero-order chi connectivity index (χ0) is 10.9. The largest absolute Gasteiger partial charge is 0.474 e. The molecule has 0 rings (SSSR count).